The molecule has 0 radical (unpaired) electrons. The Morgan fingerprint density at radius 3 is 3.27 bits per heavy atom. The van der Waals surface area contributed by atoms with Gasteiger partial charge in [-0.2, -0.15) is 0 Å². The van der Waals surface area contributed by atoms with E-state index >= 15 is 0 Å². The lowest BCUT2D eigenvalue weighted by atomic mass is 10.1. The van der Waals surface area contributed by atoms with Crippen LogP contribution in [0.25, 0.3) is 0 Å². The van der Waals surface area contributed by atoms with Crippen molar-refractivity contribution in [2.45, 2.75) is 19.6 Å². The molecule has 0 atom stereocenters. The van der Waals surface area contributed by atoms with Crippen molar-refractivity contribution in [2.75, 3.05) is 6.54 Å². The van der Waals surface area contributed by atoms with Crippen molar-refractivity contribution in [3.05, 3.63) is 21.4 Å². The van der Waals surface area contributed by atoms with Gasteiger partial charge < -0.3 is 5.32 Å². The van der Waals surface area contributed by atoms with E-state index in [1.165, 1.54) is 10.4 Å². The fourth-order valence-corrected chi connectivity index (χ4v) is 2.42. The lowest BCUT2D eigenvalue weighted by molar-refractivity contribution is 0.491. The molecule has 0 amide bonds. The Hall–Kier alpha value is -0.410. The van der Waals surface area contributed by atoms with Gasteiger partial charge in [0.25, 0.3) is 0 Å². The summed E-state index contributed by atoms with van der Waals surface area (Å²) in [7, 11) is 0. The average molecular weight is 171 g/mol. The van der Waals surface area contributed by atoms with Crippen LogP contribution in [0.5, 0.6) is 0 Å². The minimum atomic E-state index is -0.308. The van der Waals surface area contributed by atoms with Gasteiger partial charge in [-0.15, -0.1) is 11.3 Å². The van der Waals surface area contributed by atoms with Crippen LogP contribution in [0, 0.1) is 0 Å². The third kappa shape index (κ3) is 1.30. The zero-order valence-corrected chi connectivity index (χ0v) is 7.01. The van der Waals surface area contributed by atoms with Crippen molar-refractivity contribution in [1.82, 2.24) is 5.32 Å². The molecule has 1 aromatic heterocycles. The summed E-state index contributed by atoms with van der Waals surface area (Å²) in [5.41, 5.74) is 1.30. The third-order valence-electron chi connectivity index (χ3n) is 1.92. The van der Waals surface area contributed by atoms with Crippen LogP contribution in [0.2, 0.25) is 0 Å². The van der Waals surface area contributed by atoms with Crippen LogP contribution in [0.3, 0.4) is 0 Å². The third-order valence-corrected chi connectivity index (χ3v) is 3.13. The lowest BCUT2D eigenvalue weighted by Gasteiger charge is -2.10. The van der Waals surface area contributed by atoms with Gasteiger partial charge in [0.15, 0.2) is 0 Å². The summed E-state index contributed by atoms with van der Waals surface area (Å²) < 4.78 is 12.2. The van der Waals surface area contributed by atoms with Crippen LogP contribution >= 0.6 is 11.3 Å². The standard InChI is InChI=1S/C8H10FNS/c9-4-7-3-6-5-10-2-1-8(6)11-7/h3,10H,1-2,4-5H2. The molecule has 0 bridgehead atoms. The van der Waals surface area contributed by atoms with Gasteiger partial charge in [-0.25, -0.2) is 4.39 Å². The Morgan fingerprint density at radius 2 is 2.55 bits per heavy atom. The number of hydrogen-bond donors (Lipinski definition) is 1. The van der Waals surface area contributed by atoms with Crippen LogP contribution in [0.15, 0.2) is 6.07 Å². The minimum Gasteiger partial charge on any atom is -0.312 e. The molecular formula is C8H10FNS. The van der Waals surface area contributed by atoms with Crippen molar-refractivity contribution in [2.24, 2.45) is 0 Å². The fourth-order valence-electron chi connectivity index (χ4n) is 1.38. The molecule has 0 aliphatic carbocycles. The Kier molecular flexibility index (Phi) is 1.92. The maximum atomic E-state index is 12.2. The first-order chi connectivity index (χ1) is 5.40. The van der Waals surface area contributed by atoms with E-state index in [2.05, 4.69) is 5.32 Å². The second-order valence-electron chi connectivity index (χ2n) is 2.72. The summed E-state index contributed by atoms with van der Waals surface area (Å²) in [6.45, 7) is 1.66. The largest absolute Gasteiger partial charge is 0.312 e. The molecule has 1 aromatic rings. The first-order valence-corrected chi connectivity index (χ1v) is 4.59. The van der Waals surface area contributed by atoms with Gasteiger partial charge in [0.1, 0.15) is 6.67 Å². The van der Waals surface area contributed by atoms with E-state index in [1.54, 1.807) is 11.3 Å². The monoisotopic (exact) mass is 171 g/mol. The van der Waals surface area contributed by atoms with Crippen molar-refractivity contribution < 1.29 is 4.39 Å². The normalized spacial score (nSPS) is 16.5. The van der Waals surface area contributed by atoms with E-state index in [0.717, 1.165) is 24.4 Å². The Bertz CT molecular complexity index is 233. The molecule has 11 heavy (non-hydrogen) atoms. The molecular weight excluding hydrogens is 161 g/mol. The highest BCUT2D eigenvalue weighted by Gasteiger charge is 2.11. The van der Waals surface area contributed by atoms with Crippen LogP contribution in [0.4, 0.5) is 4.39 Å². The Balaban J connectivity index is 2.32. The van der Waals surface area contributed by atoms with E-state index < -0.39 is 0 Å². The smallest absolute Gasteiger partial charge is 0.124 e. The van der Waals surface area contributed by atoms with E-state index in [4.69, 9.17) is 0 Å². The second kappa shape index (κ2) is 2.91. The maximum absolute atomic E-state index is 12.2. The van der Waals surface area contributed by atoms with Crippen molar-refractivity contribution in [3.63, 3.8) is 0 Å². The van der Waals surface area contributed by atoms with Gasteiger partial charge in [-0.05, 0) is 18.1 Å². The summed E-state index contributed by atoms with van der Waals surface area (Å²) >= 11 is 1.62. The second-order valence-corrected chi connectivity index (χ2v) is 3.94. The highest BCUT2D eigenvalue weighted by molar-refractivity contribution is 7.12. The van der Waals surface area contributed by atoms with Gasteiger partial charge >= 0.3 is 0 Å². The summed E-state index contributed by atoms with van der Waals surface area (Å²) in [5, 5.41) is 3.26. The molecule has 0 aromatic carbocycles. The molecule has 0 fully saturated rings. The van der Waals surface area contributed by atoms with Crippen LogP contribution in [0.1, 0.15) is 15.3 Å². The zero-order valence-electron chi connectivity index (χ0n) is 6.19. The van der Waals surface area contributed by atoms with Crippen molar-refractivity contribution in [1.29, 1.82) is 0 Å². The molecule has 2 rings (SSSR count). The average Bonchev–Trinajstić information content (AvgIpc) is 2.46. The van der Waals surface area contributed by atoms with Gasteiger partial charge in [0, 0.05) is 22.8 Å². The predicted molar refractivity (Wildman–Crippen MR) is 44.5 cm³/mol. The molecule has 0 saturated heterocycles. The number of nitrogens with one attached hydrogen (secondary N) is 1. The molecule has 2 heterocycles. The lowest BCUT2D eigenvalue weighted by Crippen LogP contribution is -2.21. The summed E-state index contributed by atoms with van der Waals surface area (Å²) in [4.78, 5) is 2.25. The van der Waals surface area contributed by atoms with Crippen molar-refractivity contribution in [3.8, 4) is 0 Å². The zero-order chi connectivity index (χ0) is 7.68. The van der Waals surface area contributed by atoms with Crippen molar-refractivity contribution >= 4 is 11.3 Å². The van der Waals surface area contributed by atoms with E-state index in [1.807, 2.05) is 6.07 Å². The molecule has 1 aliphatic heterocycles. The molecule has 1 N–H and O–H groups in total. The Labute approximate surface area is 69.2 Å². The summed E-state index contributed by atoms with van der Waals surface area (Å²) in [6, 6.07) is 1.98. The number of thiophene rings is 1. The number of hydrogen-bond acceptors (Lipinski definition) is 2. The molecule has 1 aliphatic rings. The molecule has 60 valence electrons. The maximum Gasteiger partial charge on any atom is 0.124 e. The van der Waals surface area contributed by atoms with E-state index in [9.17, 15) is 4.39 Å². The number of fused-ring (bicyclic) bond motifs is 1. The number of rotatable bonds is 1. The van der Waals surface area contributed by atoms with Crippen LogP contribution in [-0.4, -0.2) is 6.54 Å². The quantitative estimate of drug-likeness (QED) is 0.680. The topological polar surface area (TPSA) is 12.0 Å². The summed E-state index contributed by atoms with van der Waals surface area (Å²) in [6.07, 6.45) is 1.07. The predicted octanol–water partition coefficient (Wildman–Crippen LogP) is 1.86. The van der Waals surface area contributed by atoms with Gasteiger partial charge in [-0.3, -0.25) is 0 Å². The van der Waals surface area contributed by atoms with Gasteiger partial charge in [0.2, 0.25) is 0 Å². The fraction of sp³-hybridized carbons (Fsp3) is 0.500. The highest BCUT2D eigenvalue weighted by atomic mass is 32.1. The minimum absolute atomic E-state index is 0.308. The highest BCUT2D eigenvalue weighted by Crippen LogP contribution is 2.25. The van der Waals surface area contributed by atoms with Gasteiger partial charge in [0.05, 0.1) is 0 Å². The first-order valence-electron chi connectivity index (χ1n) is 3.77. The SMILES string of the molecule is FCc1cc2c(s1)CCNC2. The molecule has 0 saturated carbocycles. The Morgan fingerprint density at radius 1 is 1.64 bits per heavy atom. The molecule has 0 unspecified atom stereocenters. The van der Waals surface area contributed by atoms with Crippen LogP contribution in [-0.2, 0) is 19.6 Å². The molecule has 3 heteroatoms. The van der Waals surface area contributed by atoms with E-state index in [0.29, 0.717) is 0 Å². The van der Waals surface area contributed by atoms with Gasteiger partial charge in [-0.1, -0.05) is 0 Å². The van der Waals surface area contributed by atoms with Crippen LogP contribution < -0.4 is 5.32 Å². The summed E-state index contributed by atoms with van der Waals surface area (Å²) in [5.74, 6) is 0. The van der Waals surface area contributed by atoms with E-state index in [-0.39, 0.29) is 6.67 Å². The number of halogens is 1. The number of alkyl halides is 1. The first kappa shape index (κ1) is 7.25. The molecule has 1 nitrogen and oxygen atoms in total. The molecule has 0 spiro atoms.